The molecule has 0 bridgehead atoms. The SMILES string of the molecule is O=S(=O)(O)C(F)(F)C(F)(F)C1(F)C(F)(F)C(F)(F)C(F)(F)C(F)(F)C1(F)F.[K]. The summed E-state index contributed by atoms with van der Waals surface area (Å²) in [7, 11) is -7.92. The van der Waals surface area contributed by atoms with E-state index in [1.807, 2.05) is 0 Å². The van der Waals surface area contributed by atoms with Crippen molar-refractivity contribution >= 4 is 61.5 Å². The van der Waals surface area contributed by atoms with Gasteiger partial charge in [-0.2, -0.15) is 69.9 Å². The third-order valence-corrected chi connectivity index (χ3v) is 4.47. The summed E-state index contributed by atoms with van der Waals surface area (Å²) in [6, 6.07) is 0. The molecule has 20 heteroatoms. The van der Waals surface area contributed by atoms with Gasteiger partial charge in [-0.3, -0.25) is 4.55 Å². The maximum atomic E-state index is 13.9. The van der Waals surface area contributed by atoms with E-state index in [1.165, 1.54) is 0 Å². The smallest absolute Gasteiger partial charge is 0.281 e. The first-order valence-corrected chi connectivity index (χ1v) is 6.99. The summed E-state index contributed by atoms with van der Waals surface area (Å²) in [5.74, 6) is -49.7. The molecule has 0 saturated heterocycles. The van der Waals surface area contributed by atoms with Crippen LogP contribution in [0, 0.1) is 0 Å². The molecular formula is C8HF15KO3S. The Kier molecular flexibility index (Phi) is 6.62. The summed E-state index contributed by atoms with van der Waals surface area (Å²) in [5.41, 5.74) is -8.64. The van der Waals surface area contributed by atoms with Crippen molar-refractivity contribution in [3.05, 3.63) is 0 Å². The number of halogens is 15. The van der Waals surface area contributed by atoms with Crippen molar-refractivity contribution in [3.63, 3.8) is 0 Å². The van der Waals surface area contributed by atoms with Crippen LogP contribution in [0.25, 0.3) is 0 Å². The van der Waals surface area contributed by atoms with E-state index in [1.54, 1.807) is 0 Å². The van der Waals surface area contributed by atoms with Gasteiger partial charge in [0.05, 0.1) is 0 Å². The van der Waals surface area contributed by atoms with E-state index >= 15 is 0 Å². The third kappa shape index (κ3) is 2.59. The predicted molar refractivity (Wildman–Crippen MR) is 55.8 cm³/mol. The Morgan fingerprint density at radius 3 is 1.00 bits per heavy atom. The first kappa shape index (κ1) is 28.5. The second-order valence-corrected chi connectivity index (χ2v) is 6.56. The Balaban J connectivity index is 0.00000729. The van der Waals surface area contributed by atoms with Gasteiger partial charge >= 0.3 is 56.6 Å². The monoisotopic (exact) mass is 501 g/mol. The summed E-state index contributed by atoms with van der Waals surface area (Å²) < 4.78 is 225. The van der Waals surface area contributed by atoms with Crippen molar-refractivity contribution in [2.24, 2.45) is 0 Å². The molecule has 0 aromatic heterocycles. The summed E-state index contributed by atoms with van der Waals surface area (Å²) >= 11 is 0. The van der Waals surface area contributed by atoms with Crippen LogP contribution in [0.5, 0.6) is 0 Å². The molecule has 0 spiro atoms. The van der Waals surface area contributed by atoms with Crippen molar-refractivity contribution < 1.29 is 78.8 Å². The molecule has 0 unspecified atom stereocenters. The fourth-order valence-electron chi connectivity index (χ4n) is 1.98. The molecule has 1 rings (SSSR count). The standard InChI is InChI=1S/C8HF15O3S.K/c9-1(4(14,15)8(22,23)27(24,25)26)2(10,11)5(16,17)7(20,21)6(18,19)3(1,12)13;/h(H,24,25,26);. The van der Waals surface area contributed by atoms with Crippen molar-refractivity contribution in [1.29, 1.82) is 0 Å². The van der Waals surface area contributed by atoms with Crippen LogP contribution < -0.4 is 0 Å². The zero-order chi connectivity index (χ0) is 22.5. The van der Waals surface area contributed by atoms with E-state index in [9.17, 15) is 74.3 Å². The van der Waals surface area contributed by atoms with Crippen LogP contribution in [0.1, 0.15) is 0 Å². The number of hydrogen-bond donors (Lipinski definition) is 1. The Morgan fingerprint density at radius 2 is 0.786 bits per heavy atom. The van der Waals surface area contributed by atoms with Gasteiger partial charge in [-0.1, -0.05) is 0 Å². The summed E-state index contributed by atoms with van der Waals surface area (Å²) in [5, 5.41) is -7.87. The van der Waals surface area contributed by atoms with Crippen molar-refractivity contribution in [2.75, 3.05) is 0 Å². The van der Waals surface area contributed by atoms with Gasteiger partial charge < -0.3 is 0 Å². The molecule has 0 amide bonds. The van der Waals surface area contributed by atoms with Crippen molar-refractivity contribution in [3.8, 4) is 0 Å². The Bertz CT molecular complexity index is 714. The summed E-state index contributed by atoms with van der Waals surface area (Å²) in [6.45, 7) is 0. The summed E-state index contributed by atoms with van der Waals surface area (Å²) in [4.78, 5) is 0. The minimum absolute atomic E-state index is 0. The first-order chi connectivity index (χ1) is 11.2. The molecule has 1 saturated carbocycles. The molecular weight excluding hydrogens is 500 g/mol. The Labute approximate surface area is 185 Å². The average Bonchev–Trinajstić information content (AvgIpc) is 2.42. The van der Waals surface area contributed by atoms with Crippen LogP contribution in [0.3, 0.4) is 0 Å². The molecule has 1 radical (unpaired) electrons. The van der Waals surface area contributed by atoms with Crippen molar-refractivity contribution in [2.45, 2.75) is 46.5 Å². The van der Waals surface area contributed by atoms with E-state index in [4.69, 9.17) is 4.55 Å². The molecule has 3 nitrogen and oxygen atoms in total. The molecule has 1 fully saturated rings. The molecule has 28 heavy (non-hydrogen) atoms. The Hall–Kier alpha value is 0.496. The average molecular weight is 501 g/mol. The predicted octanol–water partition coefficient (Wildman–Crippen LogP) is 3.62. The fraction of sp³-hybridized carbons (Fsp3) is 1.00. The second-order valence-electron chi connectivity index (χ2n) is 5.10. The fourth-order valence-corrected chi connectivity index (χ4v) is 2.44. The zero-order valence-electron chi connectivity index (χ0n) is 12.3. The van der Waals surface area contributed by atoms with E-state index in [-0.39, 0.29) is 51.4 Å². The molecule has 1 aliphatic carbocycles. The van der Waals surface area contributed by atoms with E-state index in [2.05, 4.69) is 0 Å². The molecule has 163 valence electrons. The molecule has 0 aliphatic heterocycles. The van der Waals surface area contributed by atoms with Crippen LogP contribution in [0.4, 0.5) is 65.9 Å². The van der Waals surface area contributed by atoms with Gasteiger partial charge in [0.15, 0.2) is 0 Å². The van der Waals surface area contributed by atoms with Crippen LogP contribution in [-0.4, -0.2) is 111 Å². The van der Waals surface area contributed by atoms with Crippen LogP contribution in [-0.2, 0) is 10.1 Å². The third-order valence-electron chi connectivity index (χ3n) is 3.56. The van der Waals surface area contributed by atoms with E-state index in [0.29, 0.717) is 0 Å². The topological polar surface area (TPSA) is 54.4 Å². The number of rotatable bonds is 3. The van der Waals surface area contributed by atoms with Gasteiger partial charge in [-0.05, 0) is 0 Å². The van der Waals surface area contributed by atoms with Crippen molar-refractivity contribution in [1.82, 2.24) is 0 Å². The van der Waals surface area contributed by atoms with Crippen LogP contribution >= 0.6 is 0 Å². The molecule has 0 aromatic rings. The van der Waals surface area contributed by atoms with E-state index in [0.717, 1.165) is 0 Å². The minimum atomic E-state index is -8.64. The van der Waals surface area contributed by atoms with Gasteiger partial charge in [0.2, 0.25) is 0 Å². The molecule has 0 atom stereocenters. The maximum Gasteiger partial charge on any atom is 0.435 e. The number of alkyl halides is 15. The first-order valence-electron chi connectivity index (χ1n) is 5.55. The second kappa shape index (κ2) is 6.50. The maximum absolute atomic E-state index is 13.9. The molecule has 1 N–H and O–H groups in total. The normalized spacial score (nSPS) is 27.6. The van der Waals surface area contributed by atoms with Crippen LogP contribution in [0.2, 0.25) is 0 Å². The van der Waals surface area contributed by atoms with Crippen LogP contribution in [0.15, 0.2) is 0 Å². The quantitative estimate of drug-likeness (QED) is 0.366. The Morgan fingerprint density at radius 1 is 0.571 bits per heavy atom. The van der Waals surface area contributed by atoms with Gasteiger partial charge in [0.1, 0.15) is 0 Å². The zero-order valence-corrected chi connectivity index (χ0v) is 16.3. The van der Waals surface area contributed by atoms with Gasteiger partial charge in [-0.15, -0.1) is 0 Å². The molecule has 0 aromatic carbocycles. The van der Waals surface area contributed by atoms with E-state index < -0.39 is 56.6 Å². The van der Waals surface area contributed by atoms with Gasteiger partial charge in [0, 0.05) is 51.4 Å². The molecule has 0 heterocycles. The van der Waals surface area contributed by atoms with Gasteiger partial charge in [0.25, 0.3) is 0 Å². The van der Waals surface area contributed by atoms with Gasteiger partial charge in [-0.25, -0.2) is 4.39 Å². The minimum Gasteiger partial charge on any atom is -0.281 e. The largest absolute Gasteiger partial charge is 0.435 e. The summed E-state index contributed by atoms with van der Waals surface area (Å²) in [6.07, 6.45) is 0. The molecule has 1 aliphatic rings. The number of hydrogen-bond acceptors (Lipinski definition) is 2.